The summed E-state index contributed by atoms with van der Waals surface area (Å²) in [6, 6.07) is -2.20. The van der Waals surface area contributed by atoms with E-state index in [2.05, 4.69) is 23.3 Å². The smallest absolute Gasteiger partial charge is 0.550 e. The Morgan fingerprint density at radius 2 is 0.607 bits per heavy atom. The molecule has 0 aliphatic rings. The zero-order valence-electron chi connectivity index (χ0n) is 36.0. The molecule has 0 amide bonds. The summed E-state index contributed by atoms with van der Waals surface area (Å²) in [6.07, 6.45) is 31.2. The fourth-order valence-electron chi connectivity index (χ4n) is 5.83. The number of carboxylic acids is 2. The first kappa shape index (κ1) is 61.8. The number of hydrogen-bond acceptors (Lipinski definition) is 12. The third-order valence-corrected chi connectivity index (χ3v) is 9.32. The Labute approximate surface area is 383 Å². The molecule has 0 saturated carbocycles. The van der Waals surface area contributed by atoms with Crippen molar-refractivity contribution in [1.82, 2.24) is 0 Å². The van der Waals surface area contributed by atoms with Crippen LogP contribution in [0, 0.1) is 0 Å². The molecule has 0 aliphatic heterocycles. The van der Waals surface area contributed by atoms with Gasteiger partial charge < -0.3 is 40.7 Å². The third kappa shape index (κ3) is 47.5. The predicted octanol–water partition coefficient (Wildman–Crippen LogP) is 0.798. The van der Waals surface area contributed by atoms with Gasteiger partial charge in [0.2, 0.25) is 0 Å². The van der Waals surface area contributed by atoms with Gasteiger partial charge in [-0.15, -0.1) is 0 Å². The standard InChI is InChI=1S/2C21H39NO5.2Na/c2*1-2-3-4-5-6-7-8-9-10-11-12-13-14-15-20(25)27-21(26)18(22)16-17-19(23)24;;/h2*18H,2-17,22H2,1H3,(H,23,24);;/q;;2*+1/p-2/t2*18-;;/m00../s1. The minimum atomic E-state index is -1.28. The number of carbonyl (C=O) groups is 6. The van der Waals surface area contributed by atoms with Gasteiger partial charge in [-0.05, 0) is 38.5 Å². The Balaban J connectivity index is -0.000000466. The summed E-state index contributed by atoms with van der Waals surface area (Å²) in [6.45, 7) is 4.47. The van der Waals surface area contributed by atoms with Crippen LogP contribution in [0.15, 0.2) is 0 Å². The minimum Gasteiger partial charge on any atom is -0.550 e. The van der Waals surface area contributed by atoms with E-state index in [9.17, 15) is 39.0 Å². The van der Waals surface area contributed by atoms with Crippen molar-refractivity contribution in [3.8, 4) is 0 Å². The van der Waals surface area contributed by atoms with Crippen LogP contribution in [-0.4, -0.2) is 47.9 Å². The fourth-order valence-corrected chi connectivity index (χ4v) is 5.83. The molecule has 0 aromatic carbocycles. The van der Waals surface area contributed by atoms with Crippen LogP contribution >= 0.6 is 0 Å². The summed E-state index contributed by atoms with van der Waals surface area (Å²) >= 11 is 0. The van der Waals surface area contributed by atoms with Crippen molar-refractivity contribution in [2.45, 2.75) is 231 Å². The minimum absolute atomic E-state index is 0. The number of aliphatic carboxylic acids is 2. The van der Waals surface area contributed by atoms with Crippen LogP contribution in [0.3, 0.4) is 0 Å². The van der Waals surface area contributed by atoms with E-state index < -0.39 is 47.9 Å². The number of carboxylic acid groups (broad SMARTS) is 2. The first-order valence-electron chi connectivity index (χ1n) is 21.3. The van der Waals surface area contributed by atoms with Gasteiger partial charge in [-0.1, -0.05) is 168 Å². The summed E-state index contributed by atoms with van der Waals surface area (Å²) in [5, 5.41) is 20.6. The average molecular weight is 815 g/mol. The number of hydrogen-bond donors (Lipinski definition) is 2. The van der Waals surface area contributed by atoms with E-state index in [0.717, 1.165) is 25.7 Å². The summed E-state index contributed by atoms with van der Waals surface area (Å²) in [5.41, 5.74) is 10.9. The molecular formula is C42H76N2Na2O10. The van der Waals surface area contributed by atoms with E-state index in [1.54, 1.807) is 0 Å². The van der Waals surface area contributed by atoms with Crippen LogP contribution in [0.2, 0.25) is 0 Å². The maximum absolute atomic E-state index is 11.6. The van der Waals surface area contributed by atoms with Crippen molar-refractivity contribution in [2.24, 2.45) is 11.5 Å². The monoisotopic (exact) mass is 815 g/mol. The van der Waals surface area contributed by atoms with E-state index in [-0.39, 0.29) is 97.6 Å². The molecule has 14 heteroatoms. The number of nitrogens with two attached hydrogens (primary N) is 2. The molecule has 0 aliphatic carbocycles. The molecule has 0 heterocycles. The van der Waals surface area contributed by atoms with Gasteiger partial charge in [-0.25, -0.2) is 9.59 Å². The van der Waals surface area contributed by atoms with Gasteiger partial charge in [0.15, 0.2) is 0 Å². The van der Waals surface area contributed by atoms with E-state index in [0.29, 0.717) is 12.8 Å². The summed E-state index contributed by atoms with van der Waals surface area (Å²) in [4.78, 5) is 66.8. The molecule has 0 bridgehead atoms. The number of esters is 4. The van der Waals surface area contributed by atoms with Crippen molar-refractivity contribution in [3.63, 3.8) is 0 Å². The molecule has 4 N–H and O–H groups in total. The molecule has 0 fully saturated rings. The van der Waals surface area contributed by atoms with Gasteiger partial charge in [0.1, 0.15) is 12.1 Å². The molecule has 2 atom stereocenters. The third-order valence-electron chi connectivity index (χ3n) is 9.32. The molecule has 316 valence electrons. The molecule has 0 unspecified atom stereocenters. The fraction of sp³-hybridized carbons (Fsp3) is 0.857. The van der Waals surface area contributed by atoms with Gasteiger partial charge >= 0.3 is 83.0 Å². The summed E-state index contributed by atoms with van der Waals surface area (Å²) < 4.78 is 9.27. The molecule has 0 aromatic heterocycles. The van der Waals surface area contributed by atoms with Gasteiger partial charge in [-0.2, -0.15) is 0 Å². The van der Waals surface area contributed by atoms with Crippen molar-refractivity contribution in [3.05, 3.63) is 0 Å². The van der Waals surface area contributed by atoms with Crippen LogP contribution in [0.25, 0.3) is 0 Å². The van der Waals surface area contributed by atoms with Crippen LogP contribution in [0.4, 0.5) is 0 Å². The van der Waals surface area contributed by atoms with Crippen LogP contribution in [0.1, 0.15) is 219 Å². The molecule has 0 saturated heterocycles. The van der Waals surface area contributed by atoms with Crippen LogP contribution in [0.5, 0.6) is 0 Å². The molecule has 0 radical (unpaired) electrons. The number of carbonyl (C=O) groups excluding carboxylic acids is 6. The Hall–Kier alpha value is -0.860. The first-order valence-corrected chi connectivity index (χ1v) is 21.3. The summed E-state index contributed by atoms with van der Waals surface area (Å²) in [7, 11) is 0. The quantitative estimate of drug-likeness (QED) is 0.0389. The molecule has 0 rings (SSSR count). The van der Waals surface area contributed by atoms with Crippen molar-refractivity contribution >= 4 is 35.8 Å². The van der Waals surface area contributed by atoms with Gasteiger partial charge in [0, 0.05) is 24.8 Å². The molecule has 12 nitrogen and oxygen atoms in total. The van der Waals surface area contributed by atoms with E-state index in [1.807, 2.05) is 0 Å². The Kier molecular flexibility index (Phi) is 51.7. The van der Waals surface area contributed by atoms with E-state index in [4.69, 9.17) is 11.5 Å². The Bertz CT molecular complexity index is 911. The van der Waals surface area contributed by atoms with Gasteiger partial charge in [0.25, 0.3) is 0 Å². The van der Waals surface area contributed by atoms with E-state index >= 15 is 0 Å². The van der Waals surface area contributed by atoms with Crippen molar-refractivity contribution in [2.75, 3.05) is 0 Å². The Morgan fingerprint density at radius 3 is 0.821 bits per heavy atom. The molecular weight excluding hydrogens is 738 g/mol. The first-order chi connectivity index (χ1) is 25.9. The van der Waals surface area contributed by atoms with Gasteiger partial charge in [0.05, 0.1) is 0 Å². The second kappa shape index (κ2) is 46.8. The maximum Gasteiger partial charge on any atom is 1.00 e. The van der Waals surface area contributed by atoms with Crippen LogP contribution in [-0.2, 0) is 38.2 Å². The van der Waals surface area contributed by atoms with Crippen molar-refractivity contribution < 1.29 is 108 Å². The number of ether oxygens (including phenoxy) is 2. The maximum atomic E-state index is 11.6. The molecule has 0 aromatic rings. The second-order valence-corrected chi connectivity index (χ2v) is 14.6. The normalized spacial score (nSPS) is 11.5. The zero-order valence-corrected chi connectivity index (χ0v) is 40.0. The zero-order chi connectivity index (χ0) is 40.7. The number of rotatable bonds is 36. The Morgan fingerprint density at radius 1 is 0.393 bits per heavy atom. The molecule has 0 spiro atoms. The van der Waals surface area contributed by atoms with E-state index in [1.165, 1.54) is 128 Å². The second-order valence-electron chi connectivity index (χ2n) is 14.6. The van der Waals surface area contributed by atoms with Crippen molar-refractivity contribution in [1.29, 1.82) is 0 Å². The summed E-state index contributed by atoms with van der Waals surface area (Å²) in [5.74, 6) is -5.47. The van der Waals surface area contributed by atoms with Gasteiger partial charge in [-0.3, -0.25) is 9.59 Å². The van der Waals surface area contributed by atoms with Crippen LogP contribution < -0.4 is 80.8 Å². The number of unbranched alkanes of at least 4 members (excludes halogenated alkanes) is 24. The SMILES string of the molecule is CCCCCCCCCCCCCCCC(=O)OC(=O)[C@@H](N)CCC(=O)[O-].CCCCCCCCCCCCCCCC(=O)OC(=O)[C@@H](N)CCC(=O)[O-].[Na+].[Na+]. The molecule has 56 heavy (non-hydrogen) atoms. The topological polar surface area (TPSA) is 219 Å². The average Bonchev–Trinajstić information content (AvgIpc) is 3.13. The predicted molar refractivity (Wildman–Crippen MR) is 207 cm³/mol. The largest absolute Gasteiger partial charge is 1.00 e.